The van der Waals surface area contributed by atoms with Gasteiger partial charge in [-0.05, 0) is 45.4 Å². The molecule has 0 saturated carbocycles. The lowest BCUT2D eigenvalue weighted by atomic mass is 9.95. The number of ether oxygens (including phenoxy) is 1. The first kappa shape index (κ1) is 14.4. The van der Waals surface area contributed by atoms with Crippen LogP contribution in [-0.4, -0.2) is 24.7 Å². The molecule has 0 aromatic carbocycles. The summed E-state index contributed by atoms with van der Waals surface area (Å²) in [5.74, 6) is 0. The number of methoxy groups -OCH3 is 1. The first-order valence-corrected chi connectivity index (χ1v) is 6.20. The molecule has 96 valence electrons. The molecule has 0 aliphatic carbocycles. The van der Waals surface area contributed by atoms with Crippen LogP contribution < -0.4 is 5.32 Å². The largest absolute Gasteiger partial charge is 0.379 e. The smallest absolute Gasteiger partial charge is 0.0637 e. The second-order valence-corrected chi connectivity index (χ2v) is 5.15. The van der Waals surface area contributed by atoms with Gasteiger partial charge >= 0.3 is 0 Å². The molecule has 1 aromatic rings. The van der Waals surface area contributed by atoms with Crippen LogP contribution in [-0.2, 0) is 4.74 Å². The molecule has 3 nitrogen and oxygen atoms in total. The van der Waals surface area contributed by atoms with Crippen LogP contribution >= 0.6 is 11.6 Å². The number of halogens is 1. The Morgan fingerprint density at radius 2 is 2.24 bits per heavy atom. The number of nitrogens with zero attached hydrogens (tertiary/aromatic N) is 1. The summed E-state index contributed by atoms with van der Waals surface area (Å²) in [4.78, 5) is 4.00. The van der Waals surface area contributed by atoms with Crippen molar-refractivity contribution in [3.63, 3.8) is 0 Å². The van der Waals surface area contributed by atoms with Gasteiger partial charge in [0.25, 0.3) is 0 Å². The first-order valence-electron chi connectivity index (χ1n) is 5.82. The van der Waals surface area contributed by atoms with E-state index in [1.54, 1.807) is 19.5 Å². The molecule has 1 unspecified atom stereocenters. The molecule has 1 aromatic heterocycles. The van der Waals surface area contributed by atoms with Gasteiger partial charge in [0.2, 0.25) is 0 Å². The van der Waals surface area contributed by atoms with Gasteiger partial charge in [-0.2, -0.15) is 0 Å². The molecule has 1 atom stereocenters. The van der Waals surface area contributed by atoms with Gasteiger partial charge in [-0.15, -0.1) is 0 Å². The SMILES string of the molecule is CNC(CCC(C)(C)OC)c1ccncc1Cl. The average Bonchev–Trinajstić information content (AvgIpc) is 2.32. The van der Waals surface area contributed by atoms with Crippen LogP contribution in [0.1, 0.15) is 38.3 Å². The van der Waals surface area contributed by atoms with E-state index in [2.05, 4.69) is 24.1 Å². The van der Waals surface area contributed by atoms with Crippen LogP contribution in [0.3, 0.4) is 0 Å². The number of rotatable bonds is 6. The van der Waals surface area contributed by atoms with Crippen LogP contribution in [0.2, 0.25) is 5.02 Å². The Morgan fingerprint density at radius 1 is 1.53 bits per heavy atom. The Kier molecular flexibility index (Phi) is 5.37. The van der Waals surface area contributed by atoms with E-state index in [0.29, 0.717) is 5.02 Å². The third-order valence-corrected chi connectivity index (χ3v) is 3.43. The molecular formula is C13H21ClN2O. The molecule has 4 heteroatoms. The number of hydrogen-bond acceptors (Lipinski definition) is 3. The summed E-state index contributed by atoms with van der Waals surface area (Å²) in [6.07, 6.45) is 5.39. The van der Waals surface area contributed by atoms with Gasteiger partial charge in [0.05, 0.1) is 10.6 Å². The zero-order valence-corrected chi connectivity index (χ0v) is 11.7. The van der Waals surface area contributed by atoms with Crippen molar-refractivity contribution in [3.05, 3.63) is 29.0 Å². The molecule has 0 bridgehead atoms. The zero-order valence-electron chi connectivity index (χ0n) is 11.0. The van der Waals surface area contributed by atoms with E-state index in [1.165, 1.54) is 0 Å². The second-order valence-electron chi connectivity index (χ2n) is 4.74. The number of aromatic nitrogens is 1. The van der Waals surface area contributed by atoms with Crippen LogP contribution in [0.5, 0.6) is 0 Å². The molecule has 0 aliphatic rings. The molecule has 1 heterocycles. The van der Waals surface area contributed by atoms with E-state index in [9.17, 15) is 0 Å². The minimum Gasteiger partial charge on any atom is -0.379 e. The minimum absolute atomic E-state index is 0.103. The molecule has 0 saturated heterocycles. The van der Waals surface area contributed by atoms with Crippen LogP contribution in [0.15, 0.2) is 18.5 Å². The third-order valence-electron chi connectivity index (χ3n) is 3.12. The van der Waals surface area contributed by atoms with Crippen molar-refractivity contribution in [1.82, 2.24) is 10.3 Å². The number of pyridine rings is 1. The number of nitrogens with one attached hydrogen (secondary N) is 1. The topological polar surface area (TPSA) is 34.1 Å². The van der Waals surface area contributed by atoms with Crippen LogP contribution in [0, 0.1) is 0 Å². The van der Waals surface area contributed by atoms with Gasteiger partial charge in [0.1, 0.15) is 0 Å². The monoisotopic (exact) mass is 256 g/mol. The maximum atomic E-state index is 6.15. The highest BCUT2D eigenvalue weighted by Crippen LogP contribution is 2.28. The average molecular weight is 257 g/mol. The van der Waals surface area contributed by atoms with Crippen molar-refractivity contribution < 1.29 is 4.74 Å². The summed E-state index contributed by atoms with van der Waals surface area (Å²) in [5.41, 5.74) is 0.991. The van der Waals surface area contributed by atoms with Crippen molar-refractivity contribution in [2.45, 2.75) is 38.3 Å². The molecule has 0 spiro atoms. The second kappa shape index (κ2) is 6.34. The predicted molar refractivity (Wildman–Crippen MR) is 71.4 cm³/mol. The fraction of sp³-hybridized carbons (Fsp3) is 0.615. The summed E-state index contributed by atoms with van der Waals surface area (Å²) in [6, 6.07) is 2.20. The molecule has 17 heavy (non-hydrogen) atoms. The summed E-state index contributed by atoms with van der Waals surface area (Å²) < 4.78 is 5.43. The highest BCUT2D eigenvalue weighted by Gasteiger charge is 2.20. The summed E-state index contributed by atoms with van der Waals surface area (Å²) in [6.45, 7) is 4.18. The van der Waals surface area contributed by atoms with Gasteiger partial charge < -0.3 is 10.1 Å². The Bertz CT molecular complexity index is 355. The molecule has 0 fully saturated rings. The standard InChI is InChI=1S/C13H21ClN2O/c1-13(2,17-4)7-5-12(15-3)10-6-8-16-9-11(10)14/h6,8-9,12,15H,5,7H2,1-4H3. The lowest BCUT2D eigenvalue weighted by Gasteiger charge is -2.26. The maximum Gasteiger partial charge on any atom is 0.0637 e. The Morgan fingerprint density at radius 3 is 2.76 bits per heavy atom. The Labute approximate surface area is 109 Å². The predicted octanol–water partition coefficient (Wildman–Crippen LogP) is 3.20. The van der Waals surface area contributed by atoms with E-state index in [4.69, 9.17) is 16.3 Å². The van der Waals surface area contributed by atoms with Crippen molar-refractivity contribution in [2.75, 3.05) is 14.2 Å². The minimum atomic E-state index is -0.103. The van der Waals surface area contributed by atoms with Gasteiger partial charge in [0.15, 0.2) is 0 Å². The van der Waals surface area contributed by atoms with E-state index < -0.39 is 0 Å². The van der Waals surface area contributed by atoms with Crippen molar-refractivity contribution in [1.29, 1.82) is 0 Å². The highest BCUT2D eigenvalue weighted by atomic mass is 35.5. The van der Waals surface area contributed by atoms with Crippen molar-refractivity contribution in [2.24, 2.45) is 0 Å². The zero-order chi connectivity index (χ0) is 12.9. The number of hydrogen-bond donors (Lipinski definition) is 1. The fourth-order valence-corrected chi connectivity index (χ4v) is 1.97. The Hall–Kier alpha value is -0.640. The third kappa shape index (κ3) is 4.26. The summed E-state index contributed by atoms with van der Waals surface area (Å²) in [7, 11) is 3.69. The molecule has 0 amide bonds. The van der Waals surface area contributed by atoms with Gasteiger partial charge in [-0.3, -0.25) is 4.98 Å². The Balaban J connectivity index is 2.70. The molecule has 1 rings (SSSR count). The molecule has 0 radical (unpaired) electrons. The normalized spacial score (nSPS) is 13.7. The van der Waals surface area contributed by atoms with E-state index in [1.807, 2.05) is 13.1 Å². The van der Waals surface area contributed by atoms with Crippen molar-refractivity contribution in [3.8, 4) is 0 Å². The van der Waals surface area contributed by atoms with E-state index >= 15 is 0 Å². The van der Waals surface area contributed by atoms with Gasteiger partial charge in [-0.25, -0.2) is 0 Å². The van der Waals surface area contributed by atoms with Crippen LogP contribution in [0.25, 0.3) is 0 Å². The van der Waals surface area contributed by atoms with Crippen LogP contribution in [0.4, 0.5) is 0 Å². The quantitative estimate of drug-likeness (QED) is 0.849. The molecular weight excluding hydrogens is 236 g/mol. The lowest BCUT2D eigenvalue weighted by molar-refractivity contribution is 0.0118. The molecule has 1 N–H and O–H groups in total. The van der Waals surface area contributed by atoms with Gasteiger partial charge in [0, 0.05) is 25.5 Å². The summed E-state index contributed by atoms with van der Waals surface area (Å²) in [5, 5.41) is 4.00. The lowest BCUT2D eigenvalue weighted by Crippen LogP contribution is -2.26. The molecule has 0 aliphatic heterocycles. The first-order chi connectivity index (χ1) is 8.00. The van der Waals surface area contributed by atoms with E-state index in [-0.39, 0.29) is 11.6 Å². The van der Waals surface area contributed by atoms with Gasteiger partial charge in [-0.1, -0.05) is 11.6 Å². The highest BCUT2D eigenvalue weighted by molar-refractivity contribution is 6.31. The van der Waals surface area contributed by atoms with Crippen molar-refractivity contribution >= 4 is 11.6 Å². The van der Waals surface area contributed by atoms with E-state index in [0.717, 1.165) is 18.4 Å². The maximum absolute atomic E-state index is 6.15. The summed E-state index contributed by atoms with van der Waals surface area (Å²) >= 11 is 6.15. The fourth-order valence-electron chi connectivity index (χ4n) is 1.72.